The molecule has 1 aromatic heterocycles. The van der Waals surface area contributed by atoms with Gasteiger partial charge in [-0.3, -0.25) is 4.68 Å². The number of methoxy groups -OCH3 is 1. The average Bonchev–Trinajstić information content (AvgIpc) is 2.79. The summed E-state index contributed by atoms with van der Waals surface area (Å²) in [5.41, 5.74) is 3.99. The first kappa shape index (κ1) is 14.1. The summed E-state index contributed by atoms with van der Waals surface area (Å²) in [4.78, 5) is 0. The van der Waals surface area contributed by atoms with E-state index in [4.69, 9.17) is 10.00 Å². The fraction of sp³-hybridized carbons (Fsp3) is 0.333. The van der Waals surface area contributed by atoms with Gasteiger partial charge in [-0.05, 0) is 24.6 Å². The highest BCUT2D eigenvalue weighted by molar-refractivity contribution is 5.45. The molecule has 0 aliphatic carbocycles. The molecule has 0 atom stereocenters. The van der Waals surface area contributed by atoms with E-state index in [1.54, 1.807) is 13.2 Å². The maximum absolute atomic E-state index is 8.94. The summed E-state index contributed by atoms with van der Waals surface area (Å²) in [5, 5.41) is 16.5. The number of hydrogen-bond acceptors (Lipinski definition) is 4. The first-order valence-corrected chi connectivity index (χ1v) is 6.41. The van der Waals surface area contributed by atoms with E-state index in [0.717, 1.165) is 24.3 Å². The third-order valence-electron chi connectivity index (χ3n) is 3.37. The fourth-order valence-corrected chi connectivity index (χ4v) is 2.00. The average molecular weight is 270 g/mol. The minimum absolute atomic E-state index is 0.555. The van der Waals surface area contributed by atoms with Crippen molar-refractivity contribution >= 4 is 0 Å². The Morgan fingerprint density at radius 1 is 1.40 bits per heavy atom. The molecule has 0 unspecified atom stereocenters. The number of nitrogens with zero attached hydrogens (tertiary/aromatic N) is 3. The van der Waals surface area contributed by atoms with E-state index in [1.165, 1.54) is 5.56 Å². The topological polar surface area (TPSA) is 62.9 Å². The molecule has 5 heteroatoms. The quantitative estimate of drug-likeness (QED) is 0.901. The molecule has 0 aliphatic heterocycles. The summed E-state index contributed by atoms with van der Waals surface area (Å²) in [6.45, 7) is 3.53. The lowest BCUT2D eigenvalue weighted by Crippen LogP contribution is -2.13. The normalized spacial score (nSPS) is 10.3. The number of aromatic nitrogens is 2. The minimum atomic E-state index is 0.555. The smallest absolute Gasteiger partial charge is 0.136 e. The van der Waals surface area contributed by atoms with Crippen molar-refractivity contribution in [2.75, 3.05) is 7.11 Å². The number of benzene rings is 1. The summed E-state index contributed by atoms with van der Waals surface area (Å²) < 4.78 is 7.06. The second-order valence-corrected chi connectivity index (χ2v) is 4.63. The summed E-state index contributed by atoms with van der Waals surface area (Å²) in [6.07, 6.45) is 1.88. The summed E-state index contributed by atoms with van der Waals surface area (Å²) in [6, 6.07) is 7.72. The van der Waals surface area contributed by atoms with Crippen molar-refractivity contribution in [1.29, 1.82) is 5.26 Å². The van der Waals surface area contributed by atoms with E-state index in [1.807, 2.05) is 30.1 Å². The lowest BCUT2D eigenvalue weighted by atomic mass is 10.1. The molecule has 0 aliphatic rings. The zero-order chi connectivity index (χ0) is 14.5. The number of nitrogens with one attached hydrogen (secondary N) is 1. The van der Waals surface area contributed by atoms with Crippen LogP contribution in [0.3, 0.4) is 0 Å². The second-order valence-electron chi connectivity index (χ2n) is 4.63. The highest BCUT2D eigenvalue weighted by Crippen LogP contribution is 2.19. The van der Waals surface area contributed by atoms with Crippen LogP contribution < -0.4 is 10.1 Å². The number of aryl methyl sites for hydroxylation is 1. The molecule has 2 rings (SSSR count). The molecule has 0 radical (unpaired) electrons. The molecule has 1 aromatic carbocycles. The van der Waals surface area contributed by atoms with Gasteiger partial charge >= 0.3 is 0 Å². The maximum Gasteiger partial charge on any atom is 0.136 e. The van der Waals surface area contributed by atoms with Crippen molar-refractivity contribution in [3.63, 3.8) is 0 Å². The molecular weight excluding hydrogens is 252 g/mol. The van der Waals surface area contributed by atoms with Crippen LogP contribution in [0.4, 0.5) is 0 Å². The Hall–Kier alpha value is -2.32. The van der Waals surface area contributed by atoms with Crippen LogP contribution in [0.5, 0.6) is 5.75 Å². The number of ether oxygens (including phenoxy) is 1. The maximum atomic E-state index is 8.94. The molecule has 0 amide bonds. The van der Waals surface area contributed by atoms with Crippen LogP contribution >= 0.6 is 0 Å². The van der Waals surface area contributed by atoms with Gasteiger partial charge in [-0.2, -0.15) is 10.4 Å². The fourth-order valence-electron chi connectivity index (χ4n) is 2.00. The molecule has 0 saturated carbocycles. The van der Waals surface area contributed by atoms with Crippen LogP contribution in [0, 0.1) is 18.3 Å². The van der Waals surface area contributed by atoms with Crippen LogP contribution in [0.2, 0.25) is 0 Å². The van der Waals surface area contributed by atoms with Crippen molar-refractivity contribution < 1.29 is 4.74 Å². The third-order valence-corrected chi connectivity index (χ3v) is 3.37. The van der Waals surface area contributed by atoms with Crippen LogP contribution in [0.25, 0.3) is 0 Å². The van der Waals surface area contributed by atoms with Crippen molar-refractivity contribution in [3.05, 3.63) is 46.8 Å². The van der Waals surface area contributed by atoms with Gasteiger partial charge in [0, 0.05) is 31.4 Å². The first-order chi connectivity index (χ1) is 9.65. The largest absolute Gasteiger partial charge is 0.495 e. The van der Waals surface area contributed by atoms with Gasteiger partial charge in [0.15, 0.2) is 0 Å². The Kier molecular flexibility index (Phi) is 4.38. The first-order valence-electron chi connectivity index (χ1n) is 6.41. The number of rotatable bonds is 5. The molecule has 0 fully saturated rings. The van der Waals surface area contributed by atoms with E-state index in [-0.39, 0.29) is 0 Å². The molecule has 1 N–H and O–H groups in total. The molecular formula is C15H18N4O. The van der Waals surface area contributed by atoms with Crippen LogP contribution in [-0.2, 0) is 20.1 Å². The Morgan fingerprint density at radius 2 is 2.20 bits per heavy atom. The van der Waals surface area contributed by atoms with E-state index in [2.05, 4.69) is 23.4 Å². The zero-order valence-corrected chi connectivity index (χ0v) is 12.0. The van der Waals surface area contributed by atoms with Crippen molar-refractivity contribution in [1.82, 2.24) is 15.1 Å². The van der Waals surface area contributed by atoms with E-state index >= 15 is 0 Å². The van der Waals surface area contributed by atoms with Gasteiger partial charge in [0.2, 0.25) is 0 Å². The van der Waals surface area contributed by atoms with Crippen molar-refractivity contribution in [3.8, 4) is 11.8 Å². The second kappa shape index (κ2) is 6.22. The van der Waals surface area contributed by atoms with Crippen LogP contribution in [0.1, 0.15) is 22.4 Å². The van der Waals surface area contributed by atoms with Gasteiger partial charge in [0.25, 0.3) is 0 Å². The van der Waals surface area contributed by atoms with Gasteiger partial charge in [0.05, 0.1) is 18.9 Å². The minimum Gasteiger partial charge on any atom is -0.495 e. The van der Waals surface area contributed by atoms with E-state index < -0.39 is 0 Å². The molecule has 20 heavy (non-hydrogen) atoms. The van der Waals surface area contributed by atoms with E-state index in [0.29, 0.717) is 11.3 Å². The van der Waals surface area contributed by atoms with Gasteiger partial charge in [-0.25, -0.2) is 0 Å². The molecule has 104 valence electrons. The highest BCUT2D eigenvalue weighted by Gasteiger charge is 2.05. The summed E-state index contributed by atoms with van der Waals surface area (Å²) >= 11 is 0. The SMILES string of the molecule is COc1cc(CNCc2cnn(C)c2C)ccc1C#N. The van der Waals surface area contributed by atoms with E-state index in [9.17, 15) is 0 Å². The summed E-state index contributed by atoms with van der Waals surface area (Å²) in [7, 11) is 3.51. The predicted octanol–water partition coefficient (Wildman–Crippen LogP) is 1.90. The monoisotopic (exact) mass is 270 g/mol. The molecule has 0 spiro atoms. The molecule has 5 nitrogen and oxygen atoms in total. The van der Waals surface area contributed by atoms with Gasteiger partial charge in [-0.15, -0.1) is 0 Å². The van der Waals surface area contributed by atoms with Crippen molar-refractivity contribution in [2.24, 2.45) is 7.05 Å². The molecule has 1 heterocycles. The summed E-state index contributed by atoms with van der Waals surface area (Å²) in [5.74, 6) is 0.615. The Balaban J connectivity index is 1.98. The van der Waals surface area contributed by atoms with Crippen LogP contribution in [-0.4, -0.2) is 16.9 Å². The van der Waals surface area contributed by atoms with Crippen LogP contribution in [0.15, 0.2) is 24.4 Å². The lowest BCUT2D eigenvalue weighted by molar-refractivity contribution is 0.412. The van der Waals surface area contributed by atoms with Gasteiger partial charge < -0.3 is 10.1 Å². The van der Waals surface area contributed by atoms with Crippen molar-refractivity contribution in [2.45, 2.75) is 20.0 Å². The Morgan fingerprint density at radius 3 is 2.80 bits per heavy atom. The van der Waals surface area contributed by atoms with Gasteiger partial charge in [-0.1, -0.05) is 6.07 Å². The van der Waals surface area contributed by atoms with Gasteiger partial charge in [0.1, 0.15) is 11.8 Å². The lowest BCUT2D eigenvalue weighted by Gasteiger charge is -2.08. The molecule has 0 bridgehead atoms. The standard InChI is InChI=1S/C15H18N4O/c1-11-14(10-18-19(11)2)9-17-8-12-4-5-13(7-16)15(6-12)20-3/h4-6,10,17H,8-9H2,1-3H3. The molecule has 0 saturated heterocycles. The number of nitriles is 1. The molecule has 2 aromatic rings. The zero-order valence-electron chi connectivity index (χ0n) is 12.0. The highest BCUT2D eigenvalue weighted by atomic mass is 16.5. The third kappa shape index (κ3) is 2.98. The number of hydrogen-bond donors (Lipinski definition) is 1. The Bertz CT molecular complexity index is 640. The Labute approximate surface area is 118 Å². The predicted molar refractivity (Wildman–Crippen MR) is 76.2 cm³/mol.